The maximum absolute atomic E-state index is 5.37. The molecule has 0 spiro atoms. The van der Waals surface area contributed by atoms with E-state index in [0.29, 0.717) is 5.92 Å². The number of likely N-dealkylation sites (tertiary alicyclic amines) is 1. The van der Waals surface area contributed by atoms with E-state index in [1.807, 2.05) is 24.9 Å². The van der Waals surface area contributed by atoms with Crippen molar-refractivity contribution in [3.63, 3.8) is 0 Å². The van der Waals surface area contributed by atoms with Crippen molar-refractivity contribution in [1.29, 1.82) is 0 Å². The van der Waals surface area contributed by atoms with Crippen LogP contribution in [0.25, 0.3) is 0 Å². The van der Waals surface area contributed by atoms with Gasteiger partial charge >= 0.3 is 0 Å². The van der Waals surface area contributed by atoms with Crippen LogP contribution in [0.1, 0.15) is 44.6 Å². The summed E-state index contributed by atoms with van der Waals surface area (Å²) in [5.41, 5.74) is 1.34. The Hall–Kier alpha value is -1.56. The van der Waals surface area contributed by atoms with E-state index in [9.17, 15) is 0 Å². The number of ether oxygens (including phenoxy) is 1. The first-order valence-electron chi connectivity index (χ1n) is 8.84. The predicted molar refractivity (Wildman–Crippen MR) is 93.8 cm³/mol. The number of hydrogen-bond acceptors (Lipinski definition) is 3. The number of hydrogen-bond donors (Lipinski definition) is 1. The van der Waals surface area contributed by atoms with Gasteiger partial charge in [-0.2, -0.15) is 5.10 Å². The largest absolute Gasteiger partial charge is 0.382 e. The summed E-state index contributed by atoms with van der Waals surface area (Å²) in [4.78, 5) is 7.16. The lowest BCUT2D eigenvalue weighted by Crippen LogP contribution is -2.40. The Morgan fingerprint density at radius 2 is 2.30 bits per heavy atom. The van der Waals surface area contributed by atoms with Crippen LogP contribution in [-0.2, 0) is 11.8 Å². The van der Waals surface area contributed by atoms with E-state index in [2.05, 4.69) is 28.4 Å². The standard InChI is InChI=1S/C17H31N5O/c1-4-18-17(19-9-6-7-11-23-5-2)22-10-8-15(14-22)16-12-20-21(3)13-16/h12-13,15H,4-11,14H2,1-3H3,(H,18,19). The Morgan fingerprint density at radius 1 is 1.43 bits per heavy atom. The Kier molecular flexibility index (Phi) is 7.39. The van der Waals surface area contributed by atoms with Gasteiger partial charge in [0.15, 0.2) is 5.96 Å². The van der Waals surface area contributed by atoms with Crippen molar-refractivity contribution in [2.75, 3.05) is 39.4 Å². The molecule has 6 heteroatoms. The van der Waals surface area contributed by atoms with E-state index >= 15 is 0 Å². The Balaban J connectivity index is 1.83. The molecule has 1 saturated heterocycles. The Bertz CT molecular complexity index is 485. The van der Waals surface area contributed by atoms with Gasteiger partial charge in [0.05, 0.1) is 6.20 Å². The van der Waals surface area contributed by atoms with Crippen LogP contribution in [0.3, 0.4) is 0 Å². The molecular weight excluding hydrogens is 290 g/mol. The number of aryl methyl sites for hydroxylation is 1. The van der Waals surface area contributed by atoms with Gasteiger partial charge in [0.2, 0.25) is 0 Å². The topological polar surface area (TPSA) is 54.7 Å². The highest BCUT2D eigenvalue weighted by Gasteiger charge is 2.26. The monoisotopic (exact) mass is 321 g/mol. The fourth-order valence-electron chi connectivity index (χ4n) is 2.95. The number of rotatable bonds is 8. The zero-order chi connectivity index (χ0) is 16.5. The molecule has 1 unspecified atom stereocenters. The second kappa shape index (κ2) is 9.55. The average molecular weight is 321 g/mol. The number of guanidine groups is 1. The van der Waals surface area contributed by atoms with Gasteiger partial charge in [0.1, 0.15) is 0 Å². The third-order valence-corrected chi connectivity index (χ3v) is 4.18. The molecule has 0 saturated carbocycles. The molecule has 1 aliphatic rings. The van der Waals surface area contributed by atoms with Crippen LogP contribution in [0.5, 0.6) is 0 Å². The molecule has 0 bridgehead atoms. The fourth-order valence-corrected chi connectivity index (χ4v) is 2.95. The third kappa shape index (κ3) is 5.53. The molecule has 130 valence electrons. The zero-order valence-corrected chi connectivity index (χ0v) is 14.8. The lowest BCUT2D eigenvalue weighted by Gasteiger charge is -2.21. The smallest absolute Gasteiger partial charge is 0.193 e. The van der Waals surface area contributed by atoms with Crippen molar-refractivity contribution in [3.05, 3.63) is 18.0 Å². The summed E-state index contributed by atoms with van der Waals surface area (Å²) in [5, 5.41) is 7.72. The average Bonchev–Trinajstić information content (AvgIpc) is 3.18. The van der Waals surface area contributed by atoms with Gasteiger partial charge in [-0.25, -0.2) is 0 Å². The van der Waals surface area contributed by atoms with E-state index in [-0.39, 0.29) is 0 Å². The molecule has 0 aromatic carbocycles. The number of aromatic nitrogens is 2. The van der Waals surface area contributed by atoms with E-state index in [1.165, 1.54) is 12.0 Å². The summed E-state index contributed by atoms with van der Waals surface area (Å²) in [6.45, 7) is 9.66. The molecule has 2 rings (SSSR count). The maximum atomic E-state index is 5.37. The second-order valence-corrected chi connectivity index (χ2v) is 6.02. The van der Waals surface area contributed by atoms with Crippen molar-refractivity contribution < 1.29 is 4.74 Å². The first kappa shape index (κ1) is 17.8. The lowest BCUT2D eigenvalue weighted by atomic mass is 10.0. The SMILES string of the molecule is CCNC(=NCCCCOCC)N1CCC(c2cnn(C)c2)C1. The van der Waals surface area contributed by atoms with Gasteiger partial charge < -0.3 is 15.0 Å². The number of nitrogens with zero attached hydrogens (tertiary/aromatic N) is 4. The van der Waals surface area contributed by atoms with Gasteiger partial charge in [-0.15, -0.1) is 0 Å². The highest BCUT2D eigenvalue weighted by Crippen LogP contribution is 2.26. The highest BCUT2D eigenvalue weighted by molar-refractivity contribution is 5.80. The summed E-state index contributed by atoms with van der Waals surface area (Å²) in [6.07, 6.45) is 7.45. The summed E-state index contributed by atoms with van der Waals surface area (Å²) in [6, 6.07) is 0. The number of unbranched alkanes of at least 4 members (excludes halogenated alkanes) is 1. The fraction of sp³-hybridized carbons (Fsp3) is 0.765. The molecule has 1 atom stereocenters. The maximum Gasteiger partial charge on any atom is 0.193 e. The Morgan fingerprint density at radius 3 is 3.00 bits per heavy atom. The molecule has 1 aromatic rings. The molecule has 1 aromatic heterocycles. The van der Waals surface area contributed by atoms with Crippen molar-refractivity contribution in [2.45, 2.75) is 39.0 Å². The first-order chi connectivity index (χ1) is 11.2. The van der Waals surface area contributed by atoms with E-state index in [4.69, 9.17) is 9.73 Å². The van der Waals surface area contributed by atoms with E-state index in [1.54, 1.807) is 0 Å². The van der Waals surface area contributed by atoms with Crippen molar-refractivity contribution >= 4 is 5.96 Å². The predicted octanol–water partition coefficient (Wildman–Crippen LogP) is 1.99. The molecule has 23 heavy (non-hydrogen) atoms. The van der Waals surface area contributed by atoms with Crippen LogP contribution >= 0.6 is 0 Å². The highest BCUT2D eigenvalue weighted by atomic mass is 16.5. The van der Waals surface area contributed by atoms with Crippen LogP contribution in [0, 0.1) is 0 Å². The summed E-state index contributed by atoms with van der Waals surface area (Å²) in [5.74, 6) is 1.61. The van der Waals surface area contributed by atoms with Gasteiger partial charge in [-0.1, -0.05) is 0 Å². The van der Waals surface area contributed by atoms with E-state index < -0.39 is 0 Å². The van der Waals surface area contributed by atoms with Crippen LogP contribution in [0.2, 0.25) is 0 Å². The number of aliphatic imine (C=N–C) groups is 1. The molecule has 0 aliphatic carbocycles. The molecule has 6 nitrogen and oxygen atoms in total. The van der Waals surface area contributed by atoms with Gasteiger partial charge in [0.25, 0.3) is 0 Å². The second-order valence-electron chi connectivity index (χ2n) is 6.02. The summed E-state index contributed by atoms with van der Waals surface area (Å²) < 4.78 is 7.26. The minimum Gasteiger partial charge on any atom is -0.382 e. The van der Waals surface area contributed by atoms with Crippen molar-refractivity contribution in [2.24, 2.45) is 12.0 Å². The van der Waals surface area contributed by atoms with Crippen molar-refractivity contribution in [3.8, 4) is 0 Å². The van der Waals surface area contributed by atoms with Gasteiger partial charge in [-0.3, -0.25) is 9.67 Å². The molecule has 1 N–H and O–H groups in total. The van der Waals surface area contributed by atoms with Gasteiger partial charge in [-0.05, 0) is 38.7 Å². The summed E-state index contributed by atoms with van der Waals surface area (Å²) >= 11 is 0. The summed E-state index contributed by atoms with van der Waals surface area (Å²) in [7, 11) is 1.98. The molecule has 0 amide bonds. The quantitative estimate of drug-likeness (QED) is 0.452. The van der Waals surface area contributed by atoms with Crippen LogP contribution in [-0.4, -0.2) is 60.0 Å². The molecule has 1 aliphatic heterocycles. The van der Waals surface area contributed by atoms with E-state index in [0.717, 1.165) is 58.2 Å². The van der Waals surface area contributed by atoms with Crippen LogP contribution in [0.4, 0.5) is 0 Å². The zero-order valence-electron chi connectivity index (χ0n) is 14.8. The van der Waals surface area contributed by atoms with Gasteiger partial charge in [0, 0.05) is 58.6 Å². The van der Waals surface area contributed by atoms with Crippen LogP contribution in [0.15, 0.2) is 17.4 Å². The molecule has 1 fully saturated rings. The molecule has 2 heterocycles. The molecule has 0 radical (unpaired) electrons. The molecular formula is C17H31N5O. The minimum atomic E-state index is 0.561. The lowest BCUT2D eigenvalue weighted by molar-refractivity contribution is 0.144. The first-order valence-corrected chi connectivity index (χ1v) is 8.84. The Labute approximate surface area is 139 Å². The minimum absolute atomic E-state index is 0.561. The normalized spacial score (nSPS) is 18.7. The third-order valence-electron chi connectivity index (χ3n) is 4.18. The van der Waals surface area contributed by atoms with Crippen molar-refractivity contribution in [1.82, 2.24) is 20.0 Å². The number of nitrogens with one attached hydrogen (secondary N) is 1. The van der Waals surface area contributed by atoms with Crippen LogP contribution < -0.4 is 5.32 Å².